The molecule has 2 aromatic rings. The molecule has 0 fully saturated rings. The molecule has 0 aliphatic rings. The van der Waals surface area contributed by atoms with E-state index in [1.807, 2.05) is 36.4 Å². The predicted molar refractivity (Wildman–Crippen MR) is 99.8 cm³/mol. The number of carbonyl (C=O) groups excluding carboxylic acids is 1. The molecular weight excluding hydrogens is 296 g/mol. The minimum Gasteiger partial charge on any atom is -0.358 e. The largest absolute Gasteiger partial charge is 0.358 e. The molecule has 2 rings (SSSR count). The molecule has 1 atom stereocenters. The first-order chi connectivity index (χ1) is 11.3. The summed E-state index contributed by atoms with van der Waals surface area (Å²) in [6, 6.07) is 20.6. The molecule has 0 aliphatic carbocycles. The standard InChI is InChI=1S/C21H28N2O/c1-17(23(3,4)5)16-21(20(24)22-2,18-12-8-6-9-13-18)19-14-10-7-11-15-19/h6-15,17H,16H2,1-5H3/p+1/t17-/m1/s1. The third kappa shape index (κ3) is 3.51. The van der Waals surface area contributed by atoms with E-state index in [1.54, 1.807) is 7.05 Å². The van der Waals surface area contributed by atoms with Crippen molar-refractivity contribution < 1.29 is 9.28 Å². The van der Waals surface area contributed by atoms with Gasteiger partial charge in [-0.2, -0.15) is 0 Å². The SMILES string of the molecule is CNC(=O)C(C[C@@H](C)[N+](C)(C)C)(c1ccccc1)c1ccccc1. The molecule has 1 amide bonds. The molecule has 0 heterocycles. The lowest BCUT2D eigenvalue weighted by Gasteiger charge is -2.40. The van der Waals surface area contributed by atoms with E-state index in [9.17, 15) is 4.79 Å². The third-order valence-corrected chi connectivity index (χ3v) is 5.07. The van der Waals surface area contributed by atoms with Gasteiger partial charge in [0.2, 0.25) is 5.91 Å². The van der Waals surface area contributed by atoms with Gasteiger partial charge in [0.05, 0.1) is 27.2 Å². The van der Waals surface area contributed by atoms with Gasteiger partial charge in [-0.25, -0.2) is 0 Å². The van der Waals surface area contributed by atoms with Crippen molar-refractivity contribution in [3.8, 4) is 0 Å². The van der Waals surface area contributed by atoms with Crippen LogP contribution in [-0.2, 0) is 10.2 Å². The summed E-state index contributed by atoms with van der Waals surface area (Å²) in [5, 5.41) is 2.91. The van der Waals surface area contributed by atoms with Crippen molar-refractivity contribution in [3.63, 3.8) is 0 Å². The summed E-state index contributed by atoms with van der Waals surface area (Å²) in [6.07, 6.45) is 0.740. The van der Waals surface area contributed by atoms with Gasteiger partial charge in [0.25, 0.3) is 0 Å². The van der Waals surface area contributed by atoms with Gasteiger partial charge in [-0.15, -0.1) is 0 Å². The number of benzene rings is 2. The van der Waals surface area contributed by atoms with Crippen LogP contribution in [-0.4, -0.2) is 44.6 Å². The topological polar surface area (TPSA) is 29.1 Å². The van der Waals surface area contributed by atoms with Crippen LogP contribution in [0.25, 0.3) is 0 Å². The van der Waals surface area contributed by atoms with Gasteiger partial charge in [0.1, 0.15) is 5.41 Å². The van der Waals surface area contributed by atoms with Crippen LogP contribution < -0.4 is 5.32 Å². The van der Waals surface area contributed by atoms with E-state index in [4.69, 9.17) is 0 Å². The maximum atomic E-state index is 13.2. The Hall–Kier alpha value is -2.13. The van der Waals surface area contributed by atoms with Gasteiger partial charge >= 0.3 is 0 Å². The van der Waals surface area contributed by atoms with Crippen LogP contribution in [0.5, 0.6) is 0 Å². The van der Waals surface area contributed by atoms with E-state index >= 15 is 0 Å². The lowest BCUT2D eigenvalue weighted by molar-refractivity contribution is -0.894. The fourth-order valence-corrected chi connectivity index (χ4v) is 3.13. The number of carbonyl (C=O) groups is 1. The van der Waals surface area contributed by atoms with Crippen LogP contribution in [0.1, 0.15) is 24.5 Å². The number of rotatable bonds is 6. The molecule has 1 N–H and O–H groups in total. The molecule has 3 nitrogen and oxygen atoms in total. The Morgan fingerprint density at radius 3 is 1.71 bits per heavy atom. The average molecular weight is 325 g/mol. The molecule has 3 heteroatoms. The Kier molecular flexibility index (Phi) is 5.45. The second-order valence-corrected chi connectivity index (χ2v) is 7.39. The van der Waals surface area contributed by atoms with Crippen LogP contribution in [0, 0.1) is 0 Å². The van der Waals surface area contributed by atoms with E-state index in [0.717, 1.165) is 22.0 Å². The Morgan fingerprint density at radius 1 is 0.958 bits per heavy atom. The van der Waals surface area contributed by atoms with Gasteiger partial charge in [-0.3, -0.25) is 4.79 Å². The first kappa shape index (κ1) is 18.2. The van der Waals surface area contributed by atoms with Gasteiger partial charge in [0.15, 0.2) is 0 Å². The smallest absolute Gasteiger partial charge is 0.235 e. The summed E-state index contributed by atoms with van der Waals surface area (Å²) in [7, 11) is 8.25. The summed E-state index contributed by atoms with van der Waals surface area (Å²) in [5.74, 6) is 0.0419. The zero-order chi connectivity index (χ0) is 17.8. The molecule has 0 aliphatic heterocycles. The van der Waals surface area contributed by atoms with E-state index < -0.39 is 5.41 Å². The normalized spacial score (nSPS) is 13.4. The third-order valence-electron chi connectivity index (χ3n) is 5.07. The highest BCUT2D eigenvalue weighted by Gasteiger charge is 2.44. The quantitative estimate of drug-likeness (QED) is 0.812. The molecule has 0 spiro atoms. The van der Waals surface area contributed by atoms with E-state index in [1.165, 1.54) is 0 Å². The van der Waals surface area contributed by atoms with Crippen molar-refractivity contribution in [3.05, 3.63) is 71.8 Å². The number of hydrogen-bond donors (Lipinski definition) is 1. The van der Waals surface area contributed by atoms with Crippen LogP contribution in [0.4, 0.5) is 0 Å². The van der Waals surface area contributed by atoms with Gasteiger partial charge in [-0.05, 0) is 18.1 Å². The fraction of sp³-hybridized carbons (Fsp3) is 0.381. The summed E-state index contributed by atoms with van der Waals surface area (Å²) >= 11 is 0. The summed E-state index contributed by atoms with van der Waals surface area (Å²) in [4.78, 5) is 13.2. The van der Waals surface area contributed by atoms with Crippen LogP contribution >= 0.6 is 0 Å². The van der Waals surface area contributed by atoms with Crippen LogP contribution in [0.2, 0.25) is 0 Å². The Bertz CT molecular complexity index is 620. The molecule has 0 aromatic heterocycles. The number of nitrogens with zero attached hydrogens (tertiary/aromatic N) is 1. The molecule has 0 radical (unpaired) electrons. The fourth-order valence-electron chi connectivity index (χ4n) is 3.13. The number of hydrogen-bond acceptors (Lipinski definition) is 1. The summed E-state index contributed by atoms with van der Waals surface area (Å²) < 4.78 is 0.804. The van der Waals surface area contributed by atoms with Gasteiger partial charge in [0, 0.05) is 13.5 Å². The average Bonchev–Trinajstić information content (AvgIpc) is 2.59. The minimum absolute atomic E-state index is 0.0419. The Balaban J connectivity index is 2.68. The van der Waals surface area contributed by atoms with Crippen molar-refractivity contribution in [2.75, 3.05) is 28.2 Å². The molecule has 0 bridgehead atoms. The number of nitrogens with one attached hydrogen (secondary N) is 1. The molecule has 24 heavy (non-hydrogen) atoms. The van der Waals surface area contributed by atoms with Crippen LogP contribution in [0.15, 0.2) is 60.7 Å². The van der Waals surface area contributed by atoms with Crippen molar-refractivity contribution in [1.29, 1.82) is 0 Å². The maximum Gasteiger partial charge on any atom is 0.235 e. The number of quaternary nitrogens is 1. The van der Waals surface area contributed by atoms with Gasteiger partial charge < -0.3 is 9.80 Å². The van der Waals surface area contributed by atoms with Gasteiger partial charge in [-0.1, -0.05) is 60.7 Å². The van der Waals surface area contributed by atoms with E-state index in [-0.39, 0.29) is 5.91 Å². The molecule has 128 valence electrons. The highest BCUT2D eigenvalue weighted by atomic mass is 16.2. The number of amides is 1. The second-order valence-electron chi connectivity index (χ2n) is 7.39. The van der Waals surface area contributed by atoms with Crippen LogP contribution in [0.3, 0.4) is 0 Å². The molecule has 0 unspecified atom stereocenters. The van der Waals surface area contributed by atoms with E-state index in [0.29, 0.717) is 6.04 Å². The van der Waals surface area contributed by atoms with Crippen molar-refractivity contribution in [2.24, 2.45) is 0 Å². The molecule has 0 saturated heterocycles. The molecule has 0 saturated carbocycles. The van der Waals surface area contributed by atoms with Crippen molar-refractivity contribution in [1.82, 2.24) is 5.32 Å². The Morgan fingerprint density at radius 2 is 1.38 bits per heavy atom. The highest BCUT2D eigenvalue weighted by Crippen LogP contribution is 2.38. The first-order valence-electron chi connectivity index (χ1n) is 8.46. The lowest BCUT2D eigenvalue weighted by atomic mass is 9.69. The zero-order valence-electron chi connectivity index (χ0n) is 15.4. The first-order valence-corrected chi connectivity index (χ1v) is 8.46. The second kappa shape index (κ2) is 7.18. The van der Waals surface area contributed by atoms with Crippen molar-refractivity contribution >= 4 is 5.91 Å². The number of likely N-dealkylation sites (N-methyl/N-ethyl adjacent to an activating group) is 1. The molecule has 2 aromatic carbocycles. The summed E-state index contributed by atoms with van der Waals surface area (Å²) in [6.45, 7) is 2.21. The van der Waals surface area contributed by atoms with Crippen molar-refractivity contribution in [2.45, 2.75) is 24.8 Å². The lowest BCUT2D eigenvalue weighted by Crippen LogP contribution is -2.52. The maximum absolute atomic E-state index is 13.2. The molecular formula is C21H29N2O+. The Labute approximate surface area is 145 Å². The summed E-state index contributed by atoms with van der Waals surface area (Å²) in [5.41, 5.74) is 1.38. The minimum atomic E-state index is -0.692. The monoisotopic (exact) mass is 325 g/mol. The highest BCUT2D eigenvalue weighted by molar-refractivity contribution is 5.92. The zero-order valence-corrected chi connectivity index (χ0v) is 15.4. The predicted octanol–water partition coefficient (Wildman–Crippen LogP) is 3.20. The van der Waals surface area contributed by atoms with E-state index in [2.05, 4.69) is 57.6 Å².